The lowest BCUT2D eigenvalue weighted by Gasteiger charge is -2.15. The van der Waals surface area contributed by atoms with Gasteiger partial charge in [-0.2, -0.15) is 0 Å². The van der Waals surface area contributed by atoms with Crippen LogP contribution in [0, 0.1) is 0 Å². The van der Waals surface area contributed by atoms with Gasteiger partial charge < -0.3 is 25.0 Å². The number of hydrogen-bond donors (Lipinski definition) is 3. The molecule has 0 unspecified atom stereocenters. The van der Waals surface area contributed by atoms with Crippen LogP contribution < -0.4 is 14.8 Å². The molecule has 7 nitrogen and oxygen atoms in total. The third-order valence-electron chi connectivity index (χ3n) is 2.72. The molecule has 0 aliphatic rings. The third-order valence-corrected chi connectivity index (χ3v) is 3.00. The molecule has 0 spiro atoms. The van der Waals surface area contributed by atoms with Crippen LogP contribution in [-0.2, 0) is 4.79 Å². The van der Waals surface area contributed by atoms with Gasteiger partial charge >= 0.3 is 5.97 Å². The number of carbonyl (C=O) groups excluding carboxylic acids is 1. The molecule has 3 N–H and O–H groups in total. The molecule has 0 aromatic heterocycles. The van der Waals surface area contributed by atoms with E-state index in [-0.39, 0.29) is 35.1 Å². The van der Waals surface area contributed by atoms with Gasteiger partial charge in [-0.05, 0) is 12.1 Å². The maximum Gasteiger partial charge on any atom is 0.326 e. The molecule has 8 heteroatoms. The SMILES string of the molecule is COc1cc(C(=O)N[C@@H](CCO)C(=O)O)cc(Cl)c1OC. The van der Waals surface area contributed by atoms with E-state index in [1.165, 1.54) is 26.4 Å². The predicted molar refractivity (Wildman–Crippen MR) is 75.1 cm³/mol. The van der Waals surface area contributed by atoms with E-state index in [9.17, 15) is 9.59 Å². The number of carboxylic acids is 1. The fourth-order valence-electron chi connectivity index (χ4n) is 1.68. The van der Waals surface area contributed by atoms with E-state index >= 15 is 0 Å². The second-order valence-electron chi connectivity index (χ2n) is 4.07. The van der Waals surface area contributed by atoms with Crippen molar-refractivity contribution in [3.63, 3.8) is 0 Å². The number of methoxy groups -OCH3 is 2. The van der Waals surface area contributed by atoms with Gasteiger partial charge in [0, 0.05) is 18.6 Å². The van der Waals surface area contributed by atoms with Crippen molar-refractivity contribution in [2.75, 3.05) is 20.8 Å². The van der Waals surface area contributed by atoms with E-state index in [0.29, 0.717) is 0 Å². The van der Waals surface area contributed by atoms with Crippen molar-refractivity contribution in [2.24, 2.45) is 0 Å². The number of amides is 1. The Balaban J connectivity index is 3.02. The Morgan fingerprint density at radius 1 is 1.33 bits per heavy atom. The first-order valence-electron chi connectivity index (χ1n) is 6.00. The molecule has 1 rings (SSSR count). The van der Waals surface area contributed by atoms with E-state index in [1.807, 2.05) is 0 Å². The van der Waals surface area contributed by atoms with Crippen molar-refractivity contribution in [1.82, 2.24) is 5.32 Å². The topological polar surface area (TPSA) is 105 Å². The Morgan fingerprint density at radius 3 is 2.48 bits per heavy atom. The van der Waals surface area contributed by atoms with Crippen LogP contribution in [0.3, 0.4) is 0 Å². The number of aliphatic carboxylic acids is 1. The van der Waals surface area contributed by atoms with Crippen LogP contribution in [0.5, 0.6) is 11.5 Å². The van der Waals surface area contributed by atoms with E-state index < -0.39 is 17.9 Å². The van der Waals surface area contributed by atoms with Crippen LogP contribution in [0.4, 0.5) is 0 Å². The van der Waals surface area contributed by atoms with E-state index in [1.54, 1.807) is 0 Å². The first kappa shape index (κ1) is 17.1. The number of carbonyl (C=O) groups is 2. The van der Waals surface area contributed by atoms with Gasteiger partial charge in [-0.15, -0.1) is 0 Å². The molecule has 0 radical (unpaired) electrons. The Labute approximate surface area is 126 Å². The molecule has 0 saturated heterocycles. The fourth-order valence-corrected chi connectivity index (χ4v) is 1.96. The van der Waals surface area contributed by atoms with Crippen LogP contribution in [-0.4, -0.2) is 49.0 Å². The summed E-state index contributed by atoms with van der Waals surface area (Å²) in [6, 6.07) is 1.54. The Kier molecular flexibility index (Phi) is 6.26. The quantitative estimate of drug-likeness (QED) is 0.690. The monoisotopic (exact) mass is 317 g/mol. The first-order valence-corrected chi connectivity index (χ1v) is 6.38. The molecular weight excluding hydrogens is 302 g/mol. The van der Waals surface area contributed by atoms with Gasteiger partial charge in [0.2, 0.25) is 0 Å². The molecule has 1 amide bonds. The molecule has 0 fully saturated rings. The summed E-state index contributed by atoms with van der Waals surface area (Å²) < 4.78 is 10.1. The van der Waals surface area contributed by atoms with Crippen LogP contribution >= 0.6 is 11.6 Å². The summed E-state index contributed by atoms with van der Waals surface area (Å²) >= 11 is 5.98. The highest BCUT2D eigenvalue weighted by Gasteiger charge is 2.22. The average molecular weight is 318 g/mol. The van der Waals surface area contributed by atoms with Gasteiger partial charge in [-0.25, -0.2) is 4.79 Å². The fraction of sp³-hybridized carbons (Fsp3) is 0.385. The average Bonchev–Trinajstić information content (AvgIpc) is 2.45. The second-order valence-corrected chi connectivity index (χ2v) is 4.48. The van der Waals surface area contributed by atoms with Crippen molar-refractivity contribution in [2.45, 2.75) is 12.5 Å². The lowest BCUT2D eigenvalue weighted by Crippen LogP contribution is -2.41. The van der Waals surface area contributed by atoms with Crippen LogP contribution in [0.1, 0.15) is 16.8 Å². The van der Waals surface area contributed by atoms with E-state index in [2.05, 4.69) is 5.32 Å². The Hall–Kier alpha value is -1.99. The summed E-state index contributed by atoms with van der Waals surface area (Å²) in [6.07, 6.45) is -0.0951. The minimum atomic E-state index is -1.23. The molecule has 0 saturated carbocycles. The zero-order chi connectivity index (χ0) is 16.0. The normalized spacial score (nSPS) is 11.6. The zero-order valence-electron chi connectivity index (χ0n) is 11.6. The van der Waals surface area contributed by atoms with Crippen molar-refractivity contribution >= 4 is 23.5 Å². The predicted octanol–water partition coefficient (Wildman–Crippen LogP) is 0.923. The molecule has 0 heterocycles. The molecule has 0 bridgehead atoms. The maximum atomic E-state index is 12.0. The number of aliphatic hydroxyl groups excluding tert-OH is 1. The Morgan fingerprint density at radius 2 is 2.00 bits per heavy atom. The Bertz CT molecular complexity index is 534. The minimum Gasteiger partial charge on any atom is -0.493 e. The van der Waals surface area contributed by atoms with Gasteiger partial charge in [-0.1, -0.05) is 11.6 Å². The number of rotatable bonds is 7. The minimum absolute atomic E-state index is 0.0951. The van der Waals surface area contributed by atoms with E-state index in [0.717, 1.165) is 0 Å². The third kappa shape index (κ3) is 4.24. The van der Waals surface area contributed by atoms with Gasteiger partial charge in [0.05, 0.1) is 19.2 Å². The number of aliphatic hydroxyl groups is 1. The van der Waals surface area contributed by atoms with Crippen molar-refractivity contribution in [3.8, 4) is 11.5 Å². The summed E-state index contributed by atoms with van der Waals surface area (Å²) in [5.41, 5.74) is 0.127. The van der Waals surface area contributed by atoms with Crippen LogP contribution in [0.15, 0.2) is 12.1 Å². The first-order chi connectivity index (χ1) is 9.94. The van der Waals surface area contributed by atoms with Crippen molar-refractivity contribution in [3.05, 3.63) is 22.7 Å². The van der Waals surface area contributed by atoms with Gasteiger partial charge in [-0.3, -0.25) is 4.79 Å². The lowest BCUT2D eigenvalue weighted by molar-refractivity contribution is -0.139. The summed E-state index contributed by atoms with van der Waals surface area (Å²) in [6.45, 7) is -0.357. The van der Waals surface area contributed by atoms with Gasteiger partial charge in [0.25, 0.3) is 5.91 Å². The van der Waals surface area contributed by atoms with Gasteiger partial charge in [0.15, 0.2) is 11.5 Å². The summed E-state index contributed by atoms with van der Waals surface area (Å²) in [4.78, 5) is 23.0. The van der Waals surface area contributed by atoms with Crippen LogP contribution in [0.25, 0.3) is 0 Å². The van der Waals surface area contributed by atoms with Gasteiger partial charge in [0.1, 0.15) is 6.04 Å². The molecule has 0 aliphatic carbocycles. The number of nitrogens with one attached hydrogen (secondary N) is 1. The maximum absolute atomic E-state index is 12.0. The summed E-state index contributed by atoms with van der Waals surface area (Å²) in [5, 5.41) is 20.2. The van der Waals surface area contributed by atoms with E-state index in [4.69, 9.17) is 31.3 Å². The largest absolute Gasteiger partial charge is 0.493 e. The summed E-state index contributed by atoms with van der Waals surface area (Å²) in [5.74, 6) is -1.34. The molecule has 1 atom stereocenters. The standard InChI is InChI=1S/C13H16ClNO6/c1-20-10-6-7(5-8(14)11(10)21-2)12(17)15-9(3-4-16)13(18)19/h5-6,9,16H,3-4H2,1-2H3,(H,15,17)(H,18,19)/t9-/m0/s1. The number of halogens is 1. The highest BCUT2D eigenvalue weighted by atomic mass is 35.5. The number of hydrogen-bond acceptors (Lipinski definition) is 5. The van der Waals surface area contributed by atoms with Crippen molar-refractivity contribution < 1.29 is 29.3 Å². The van der Waals surface area contributed by atoms with Crippen LogP contribution in [0.2, 0.25) is 5.02 Å². The molecule has 21 heavy (non-hydrogen) atoms. The lowest BCUT2D eigenvalue weighted by atomic mass is 10.1. The highest BCUT2D eigenvalue weighted by Crippen LogP contribution is 2.35. The number of ether oxygens (including phenoxy) is 2. The molecule has 0 aliphatic heterocycles. The van der Waals surface area contributed by atoms with Crippen molar-refractivity contribution in [1.29, 1.82) is 0 Å². The zero-order valence-corrected chi connectivity index (χ0v) is 12.3. The molecule has 116 valence electrons. The summed E-state index contributed by atoms with van der Waals surface area (Å²) in [7, 11) is 2.80. The molecule has 1 aromatic carbocycles. The number of benzene rings is 1. The molecule has 1 aromatic rings. The number of carboxylic acid groups (broad SMARTS) is 1. The molecular formula is C13H16ClNO6. The smallest absolute Gasteiger partial charge is 0.326 e. The highest BCUT2D eigenvalue weighted by molar-refractivity contribution is 6.32. The second kappa shape index (κ2) is 7.70.